The van der Waals surface area contributed by atoms with E-state index in [-0.39, 0.29) is 11.9 Å². The molecule has 2 fully saturated rings. The molecular weight excluding hydrogens is 290 g/mol. The Kier molecular flexibility index (Phi) is 7.15. The number of likely N-dealkylation sites (N-methyl/N-ethyl adjacent to an activating group) is 1. The molecule has 2 aliphatic heterocycles. The summed E-state index contributed by atoms with van der Waals surface area (Å²) in [5.41, 5.74) is 6.13. The first-order valence-electron chi connectivity index (χ1n) is 9.09. The van der Waals surface area contributed by atoms with Crippen molar-refractivity contribution in [2.24, 2.45) is 10.7 Å². The molecule has 132 valence electrons. The number of hydrogen-bond acceptors (Lipinski definition) is 3. The maximum atomic E-state index is 12.2. The van der Waals surface area contributed by atoms with Gasteiger partial charge in [-0.25, -0.2) is 0 Å². The average Bonchev–Trinajstić information content (AvgIpc) is 2.82. The molecule has 0 radical (unpaired) electrons. The fourth-order valence-corrected chi connectivity index (χ4v) is 3.54. The van der Waals surface area contributed by atoms with Crippen molar-refractivity contribution in [1.82, 2.24) is 14.7 Å². The number of amides is 1. The molecule has 2 rings (SSSR count). The van der Waals surface area contributed by atoms with E-state index < -0.39 is 0 Å². The van der Waals surface area contributed by atoms with Gasteiger partial charge in [-0.2, -0.15) is 0 Å². The van der Waals surface area contributed by atoms with Gasteiger partial charge in [-0.1, -0.05) is 12.8 Å². The van der Waals surface area contributed by atoms with E-state index in [4.69, 9.17) is 5.73 Å². The number of hydrogen-bond donors (Lipinski definition) is 1. The lowest BCUT2D eigenvalue weighted by Crippen LogP contribution is -2.43. The second-order valence-electron chi connectivity index (χ2n) is 6.92. The van der Waals surface area contributed by atoms with Crippen molar-refractivity contribution in [3.8, 4) is 0 Å². The summed E-state index contributed by atoms with van der Waals surface area (Å²) < 4.78 is 0. The van der Waals surface area contributed by atoms with E-state index >= 15 is 0 Å². The summed E-state index contributed by atoms with van der Waals surface area (Å²) in [6, 6.07) is 0.0666. The number of guanidine groups is 1. The van der Waals surface area contributed by atoms with Crippen molar-refractivity contribution in [2.45, 2.75) is 51.0 Å². The topological polar surface area (TPSA) is 65.2 Å². The highest BCUT2D eigenvalue weighted by molar-refractivity contribution is 5.81. The zero-order valence-electron chi connectivity index (χ0n) is 14.8. The van der Waals surface area contributed by atoms with E-state index in [1.807, 2.05) is 14.1 Å². The third kappa shape index (κ3) is 5.37. The molecule has 1 amide bonds. The first-order chi connectivity index (χ1) is 11.1. The van der Waals surface area contributed by atoms with E-state index in [2.05, 4.69) is 14.8 Å². The maximum Gasteiger partial charge on any atom is 0.239 e. The molecule has 0 aromatic carbocycles. The van der Waals surface area contributed by atoms with Crippen molar-refractivity contribution in [2.75, 3.05) is 46.8 Å². The highest BCUT2D eigenvalue weighted by atomic mass is 16.2. The van der Waals surface area contributed by atoms with Crippen LogP contribution in [0.4, 0.5) is 0 Å². The van der Waals surface area contributed by atoms with Gasteiger partial charge in [-0.15, -0.1) is 0 Å². The number of nitrogens with zero attached hydrogens (tertiary/aromatic N) is 4. The van der Waals surface area contributed by atoms with E-state index in [0.717, 1.165) is 52.0 Å². The van der Waals surface area contributed by atoms with Gasteiger partial charge < -0.3 is 15.5 Å². The van der Waals surface area contributed by atoms with Crippen LogP contribution in [-0.4, -0.2) is 79.4 Å². The van der Waals surface area contributed by atoms with E-state index in [1.54, 1.807) is 4.90 Å². The van der Waals surface area contributed by atoms with Gasteiger partial charge >= 0.3 is 0 Å². The van der Waals surface area contributed by atoms with Crippen molar-refractivity contribution in [1.29, 1.82) is 0 Å². The summed E-state index contributed by atoms with van der Waals surface area (Å²) in [4.78, 5) is 23.0. The molecule has 2 N–H and O–H groups in total. The number of carbonyl (C=O) groups excluding carboxylic acids is 1. The van der Waals surface area contributed by atoms with Crippen LogP contribution >= 0.6 is 0 Å². The molecule has 0 aromatic heterocycles. The van der Waals surface area contributed by atoms with Gasteiger partial charge in [-0.3, -0.25) is 14.7 Å². The minimum Gasteiger partial charge on any atom is -0.370 e. The summed E-state index contributed by atoms with van der Waals surface area (Å²) in [7, 11) is 3.68. The van der Waals surface area contributed by atoms with Gasteiger partial charge in [0.1, 0.15) is 0 Å². The van der Waals surface area contributed by atoms with Crippen LogP contribution in [0, 0.1) is 0 Å². The molecule has 0 aliphatic carbocycles. The van der Waals surface area contributed by atoms with Crippen LogP contribution in [0.5, 0.6) is 0 Å². The molecule has 0 aromatic rings. The third-order valence-electron chi connectivity index (χ3n) is 4.90. The van der Waals surface area contributed by atoms with Crippen molar-refractivity contribution in [3.05, 3.63) is 0 Å². The molecule has 1 atom stereocenters. The Hall–Kier alpha value is -1.30. The van der Waals surface area contributed by atoms with Crippen LogP contribution in [0.3, 0.4) is 0 Å². The first kappa shape index (κ1) is 18.0. The second kappa shape index (κ2) is 9.11. The maximum absolute atomic E-state index is 12.2. The third-order valence-corrected chi connectivity index (χ3v) is 4.90. The number of carbonyl (C=O) groups is 1. The predicted molar refractivity (Wildman–Crippen MR) is 94.4 cm³/mol. The summed E-state index contributed by atoms with van der Waals surface area (Å²) in [5, 5.41) is 0. The van der Waals surface area contributed by atoms with Crippen LogP contribution in [0.15, 0.2) is 4.99 Å². The minimum atomic E-state index is 0.0666. The summed E-state index contributed by atoms with van der Waals surface area (Å²) in [6.07, 6.45) is 8.11. The molecule has 2 heterocycles. The molecule has 0 saturated carbocycles. The SMILES string of the molecule is CN(C)C(=O)[C@H]1CCCN1CCCN=C(N)N1CCCCCC1. The molecule has 23 heavy (non-hydrogen) atoms. The van der Waals surface area contributed by atoms with Crippen LogP contribution in [0.2, 0.25) is 0 Å². The Morgan fingerprint density at radius 1 is 1.13 bits per heavy atom. The lowest BCUT2D eigenvalue weighted by Gasteiger charge is -2.26. The zero-order valence-corrected chi connectivity index (χ0v) is 14.8. The largest absolute Gasteiger partial charge is 0.370 e. The highest BCUT2D eigenvalue weighted by Crippen LogP contribution is 2.18. The lowest BCUT2D eigenvalue weighted by molar-refractivity contribution is -0.133. The summed E-state index contributed by atoms with van der Waals surface area (Å²) in [5.74, 6) is 0.935. The molecule has 0 spiro atoms. The van der Waals surface area contributed by atoms with Crippen LogP contribution < -0.4 is 5.73 Å². The minimum absolute atomic E-state index is 0.0666. The Morgan fingerprint density at radius 2 is 1.83 bits per heavy atom. The standard InChI is InChI=1S/C17H33N5O/c1-20(2)16(23)15-9-7-13-21(15)14-8-10-19-17(18)22-11-5-3-4-6-12-22/h15H,3-14H2,1-2H3,(H2,18,19)/t15-/m1/s1. The van der Waals surface area contributed by atoms with Gasteiger partial charge in [0.15, 0.2) is 5.96 Å². The van der Waals surface area contributed by atoms with Crippen molar-refractivity contribution < 1.29 is 4.79 Å². The van der Waals surface area contributed by atoms with Crippen molar-refractivity contribution >= 4 is 11.9 Å². The molecule has 2 aliphatic rings. The Morgan fingerprint density at radius 3 is 2.48 bits per heavy atom. The van der Waals surface area contributed by atoms with Gasteiger partial charge in [-0.05, 0) is 38.6 Å². The fraction of sp³-hybridized carbons (Fsp3) is 0.882. The molecule has 2 saturated heterocycles. The number of aliphatic imine (C=N–C) groups is 1. The zero-order chi connectivity index (χ0) is 16.7. The first-order valence-corrected chi connectivity index (χ1v) is 9.09. The predicted octanol–water partition coefficient (Wildman–Crippen LogP) is 1.12. The van der Waals surface area contributed by atoms with E-state index in [1.165, 1.54) is 25.7 Å². The summed E-state index contributed by atoms with van der Waals surface area (Å²) in [6.45, 7) is 4.79. The van der Waals surface area contributed by atoms with Gasteiger partial charge in [0, 0.05) is 40.3 Å². The Bertz CT molecular complexity index is 402. The molecule has 6 heteroatoms. The number of rotatable bonds is 5. The van der Waals surface area contributed by atoms with Gasteiger partial charge in [0.05, 0.1) is 6.04 Å². The van der Waals surface area contributed by atoms with Gasteiger partial charge in [0.2, 0.25) is 5.91 Å². The smallest absolute Gasteiger partial charge is 0.239 e. The molecule has 0 bridgehead atoms. The molecule has 0 unspecified atom stereocenters. The average molecular weight is 323 g/mol. The van der Waals surface area contributed by atoms with E-state index in [9.17, 15) is 4.79 Å². The fourth-order valence-electron chi connectivity index (χ4n) is 3.54. The van der Waals surface area contributed by atoms with Crippen LogP contribution in [0.1, 0.15) is 44.9 Å². The molecular formula is C17H33N5O. The van der Waals surface area contributed by atoms with E-state index in [0.29, 0.717) is 5.96 Å². The normalized spacial score (nSPS) is 23.8. The summed E-state index contributed by atoms with van der Waals surface area (Å²) >= 11 is 0. The lowest BCUT2D eigenvalue weighted by atomic mass is 10.2. The van der Waals surface area contributed by atoms with Crippen LogP contribution in [0.25, 0.3) is 0 Å². The molecule has 6 nitrogen and oxygen atoms in total. The quantitative estimate of drug-likeness (QED) is 0.468. The van der Waals surface area contributed by atoms with Gasteiger partial charge in [0.25, 0.3) is 0 Å². The monoisotopic (exact) mass is 323 g/mol. The Balaban J connectivity index is 1.73. The second-order valence-corrected chi connectivity index (χ2v) is 6.92. The number of likely N-dealkylation sites (tertiary alicyclic amines) is 2. The Labute approximate surface area is 140 Å². The highest BCUT2D eigenvalue weighted by Gasteiger charge is 2.30. The van der Waals surface area contributed by atoms with Crippen molar-refractivity contribution in [3.63, 3.8) is 0 Å². The van der Waals surface area contributed by atoms with Crippen LogP contribution in [-0.2, 0) is 4.79 Å². The number of nitrogens with two attached hydrogens (primary N) is 1.